The molecule has 0 saturated carbocycles. The molecule has 1 aromatic rings. The maximum atomic E-state index is 12.7. The van der Waals surface area contributed by atoms with Crippen LogP contribution in [0.4, 0.5) is 10.1 Å². The molecule has 0 radical (unpaired) electrons. The van der Waals surface area contributed by atoms with Gasteiger partial charge in [-0.05, 0) is 37.6 Å². The van der Waals surface area contributed by atoms with E-state index in [-0.39, 0.29) is 17.8 Å². The number of rotatable bonds is 1. The van der Waals surface area contributed by atoms with E-state index in [0.717, 1.165) is 12.1 Å². The van der Waals surface area contributed by atoms with E-state index in [2.05, 4.69) is 0 Å². The highest BCUT2D eigenvalue weighted by molar-refractivity contribution is 5.96. The predicted molar refractivity (Wildman–Crippen MR) is 52.6 cm³/mol. The van der Waals surface area contributed by atoms with Crippen LogP contribution in [0.3, 0.4) is 0 Å². The fourth-order valence-electron chi connectivity index (χ4n) is 1.83. The molecule has 1 saturated heterocycles. The number of anilines is 1. The van der Waals surface area contributed by atoms with E-state index in [1.54, 1.807) is 17.0 Å². The summed E-state index contributed by atoms with van der Waals surface area (Å²) < 4.78 is 12.7. The molecule has 1 aromatic carbocycles. The molecule has 1 atom stereocenters. The lowest BCUT2D eigenvalue weighted by Crippen LogP contribution is -2.30. The van der Waals surface area contributed by atoms with Gasteiger partial charge < -0.3 is 4.90 Å². The van der Waals surface area contributed by atoms with E-state index in [1.165, 1.54) is 12.1 Å². The third-order valence-electron chi connectivity index (χ3n) is 2.59. The Morgan fingerprint density at radius 3 is 2.50 bits per heavy atom. The van der Waals surface area contributed by atoms with Crippen molar-refractivity contribution in [3.05, 3.63) is 30.1 Å². The lowest BCUT2D eigenvalue weighted by Gasteiger charge is -2.21. The van der Waals surface area contributed by atoms with Gasteiger partial charge in [0.25, 0.3) is 0 Å². The zero-order chi connectivity index (χ0) is 10.1. The lowest BCUT2D eigenvalue weighted by molar-refractivity contribution is -0.117. The van der Waals surface area contributed by atoms with Gasteiger partial charge in [-0.15, -0.1) is 0 Å². The Kier molecular flexibility index (Phi) is 2.23. The maximum absolute atomic E-state index is 12.7. The largest absolute Gasteiger partial charge is 0.310 e. The Hall–Kier alpha value is -1.38. The van der Waals surface area contributed by atoms with Gasteiger partial charge >= 0.3 is 0 Å². The Bertz CT molecular complexity index is 347. The number of amides is 1. The van der Waals surface area contributed by atoms with Crippen LogP contribution in [-0.4, -0.2) is 11.9 Å². The first-order valence-corrected chi connectivity index (χ1v) is 4.76. The van der Waals surface area contributed by atoms with E-state index in [0.29, 0.717) is 6.42 Å². The minimum absolute atomic E-state index is 0.129. The molecular formula is C11H12FNO. The Balaban J connectivity index is 2.30. The first kappa shape index (κ1) is 9.19. The lowest BCUT2D eigenvalue weighted by atomic mass is 10.2. The zero-order valence-electron chi connectivity index (χ0n) is 8.03. The highest BCUT2D eigenvalue weighted by atomic mass is 19.1. The monoisotopic (exact) mass is 193 g/mol. The first-order chi connectivity index (χ1) is 6.68. The maximum Gasteiger partial charge on any atom is 0.227 e. The Labute approximate surface area is 82.3 Å². The minimum Gasteiger partial charge on any atom is -0.310 e. The van der Waals surface area contributed by atoms with Gasteiger partial charge in [-0.3, -0.25) is 4.79 Å². The summed E-state index contributed by atoms with van der Waals surface area (Å²) in [6.45, 7) is 2.01. The molecule has 1 heterocycles. The third kappa shape index (κ3) is 1.50. The van der Waals surface area contributed by atoms with Gasteiger partial charge in [-0.2, -0.15) is 0 Å². The SMILES string of the molecule is CC1CCC(=O)N1c1ccc(F)cc1. The Morgan fingerprint density at radius 2 is 2.00 bits per heavy atom. The van der Waals surface area contributed by atoms with E-state index >= 15 is 0 Å². The average Bonchev–Trinajstić information content (AvgIpc) is 2.49. The summed E-state index contributed by atoms with van der Waals surface area (Å²) in [6.07, 6.45) is 1.48. The van der Waals surface area contributed by atoms with Crippen LogP contribution in [0.25, 0.3) is 0 Å². The molecule has 0 aliphatic carbocycles. The van der Waals surface area contributed by atoms with Gasteiger partial charge in [0.1, 0.15) is 5.82 Å². The number of hydrogen-bond donors (Lipinski definition) is 0. The summed E-state index contributed by atoms with van der Waals surface area (Å²) in [5, 5.41) is 0. The number of benzene rings is 1. The van der Waals surface area contributed by atoms with Crippen molar-refractivity contribution in [2.75, 3.05) is 4.90 Å². The summed E-state index contributed by atoms with van der Waals surface area (Å²) in [7, 11) is 0. The fourth-order valence-corrected chi connectivity index (χ4v) is 1.83. The summed E-state index contributed by atoms with van der Waals surface area (Å²) in [4.78, 5) is 13.2. The number of halogens is 1. The third-order valence-corrected chi connectivity index (χ3v) is 2.59. The number of hydrogen-bond acceptors (Lipinski definition) is 1. The summed E-state index contributed by atoms with van der Waals surface area (Å²) in [6, 6.07) is 6.29. The standard InChI is InChI=1S/C11H12FNO/c1-8-2-7-11(14)13(8)10-5-3-9(12)4-6-10/h3-6,8H,2,7H2,1H3. The highest BCUT2D eigenvalue weighted by Crippen LogP contribution is 2.26. The normalized spacial score (nSPS) is 21.7. The predicted octanol–water partition coefficient (Wildman–Crippen LogP) is 2.34. The van der Waals surface area contributed by atoms with E-state index in [9.17, 15) is 9.18 Å². The zero-order valence-corrected chi connectivity index (χ0v) is 8.03. The second-order valence-corrected chi connectivity index (χ2v) is 3.63. The molecule has 0 spiro atoms. The van der Waals surface area contributed by atoms with Crippen LogP contribution in [0.15, 0.2) is 24.3 Å². The molecule has 1 aliphatic heterocycles. The van der Waals surface area contributed by atoms with Crippen molar-refractivity contribution in [3.63, 3.8) is 0 Å². The molecule has 14 heavy (non-hydrogen) atoms. The molecule has 0 N–H and O–H groups in total. The number of carbonyl (C=O) groups is 1. The van der Waals surface area contributed by atoms with Gasteiger partial charge in [-0.25, -0.2) is 4.39 Å². The van der Waals surface area contributed by atoms with Crippen molar-refractivity contribution in [2.24, 2.45) is 0 Å². The number of nitrogens with zero attached hydrogens (tertiary/aromatic N) is 1. The van der Waals surface area contributed by atoms with Gasteiger partial charge in [0.2, 0.25) is 5.91 Å². The van der Waals surface area contributed by atoms with E-state index in [1.807, 2.05) is 6.92 Å². The van der Waals surface area contributed by atoms with Crippen LogP contribution in [0.1, 0.15) is 19.8 Å². The van der Waals surface area contributed by atoms with Crippen molar-refractivity contribution in [2.45, 2.75) is 25.8 Å². The minimum atomic E-state index is -0.270. The summed E-state index contributed by atoms with van der Waals surface area (Å²) >= 11 is 0. The molecular weight excluding hydrogens is 181 g/mol. The average molecular weight is 193 g/mol. The molecule has 74 valence electrons. The molecule has 0 aromatic heterocycles. The summed E-state index contributed by atoms with van der Waals surface area (Å²) in [5.41, 5.74) is 0.793. The van der Waals surface area contributed by atoms with Crippen LogP contribution in [0, 0.1) is 5.82 Å². The van der Waals surface area contributed by atoms with Crippen molar-refractivity contribution in [1.82, 2.24) is 0 Å². The second kappa shape index (κ2) is 3.40. The highest BCUT2D eigenvalue weighted by Gasteiger charge is 2.28. The van der Waals surface area contributed by atoms with Gasteiger partial charge in [0.05, 0.1) is 0 Å². The van der Waals surface area contributed by atoms with Crippen LogP contribution >= 0.6 is 0 Å². The smallest absolute Gasteiger partial charge is 0.227 e. The molecule has 0 bridgehead atoms. The number of carbonyl (C=O) groups excluding carboxylic acids is 1. The molecule has 1 aliphatic rings. The quantitative estimate of drug-likeness (QED) is 0.670. The van der Waals surface area contributed by atoms with Gasteiger partial charge in [0, 0.05) is 18.2 Å². The van der Waals surface area contributed by atoms with Crippen LogP contribution in [-0.2, 0) is 4.79 Å². The molecule has 2 rings (SSSR count). The van der Waals surface area contributed by atoms with Crippen LogP contribution < -0.4 is 4.90 Å². The van der Waals surface area contributed by atoms with Crippen LogP contribution in [0.5, 0.6) is 0 Å². The van der Waals surface area contributed by atoms with E-state index < -0.39 is 0 Å². The van der Waals surface area contributed by atoms with E-state index in [4.69, 9.17) is 0 Å². The van der Waals surface area contributed by atoms with Gasteiger partial charge in [0.15, 0.2) is 0 Å². The molecule has 2 nitrogen and oxygen atoms in total. The first-order valence-electron chi connectivity index (χ1n) is 4.76. The van der Waals surface area contributed by atoms with Crippen molar-refractivity contribution in [1.29, 1.82) is 0 Å². The molecule has 1 amide bonds. The van der Waals surface area contributed by atoms with Crippen LogP contribution in [0.2, 0.25) is 0 Å². The Morgan fingerprint density at radius 1 is 1.36 bits per heavy atom. The molecule has 1 unspecified atom stereocenters. The second-order valence-electron chi connectivity index (χ2n) is 3.63. The van der Waals surface area contributed by atoms with Crippen molar-refractivity contribution in [3.8, 4) is 0 Å². The fraction of sp³-hybridized carbons (Fsp3) is 0.364. The molecule has 3 heteroatoms. The van der Waals surface area contributed by atoms with Crippen molar-refractivity contribution >= 4 is 11.6 Å². The molecule has 1 fully saturated rings. The van der Waals surface area contributed by atoms with Crippen molar-refractivity contribution < 1.29 is 9.18 Å². The topological polar surface area (TPSA) is 20.3 Å². The summed E-state index contributed by atoms with van der Waals surface area (Å²) in [5.74, 6) is -0.142. The van der Waals surface area contributed by atoms with Gasteiger partial charge in [-0.1, -0.05) is 0 Å².